The Labute approximate surface area is 516 Å². The number of hydrogen-bond acceptors (Lipinski definition) is 7. The van der Waals surface area contributed by atoms with Gasteiger partial charge in [-0.05, 0) is 122 Å². The van der Waals surface area contributed by atoms with E-state index in [1.165, 1.54) is 103 Å². The number of hydrogen-bond donors (Lipinski definition) is 1. The maximum absolute atomic E-state index is 12.9. The number of unbranched alkanes of at least 4 members (excludes halogenated alkanes) is 22. The molecule has 10 heteroatoms. The average molecular weight is 1190 g/mol. The molecule has 0 fully saturated rings. The van der Waals surface area contributed by atoms with Crippen LogP contribution in [-0.2, 0) is 32.7 Å². The van der Waals surface area contributed by atoms with Crippen molar-refractivity contribution in [2.45, 2.75) is 264 Å². The van der Waals surface area contributed by atoms with Gasteiger partial charge in [0.15, 0.2) is 6.10 Å². The summed E-state index contributed by atoms with van der Waals surface area (Å²) < 4.78 is 34.6. The van der Waals surface area contributed by atoms with Crippen molar-refractivity contribution in [3.05, 3.63) is 146 Å². The first-order valence-corrected chi connectivity index (χ1v) is 35.1. The lowest BCUT2D eigenvalue weighted by atomic mass is 10.0. The maximum atomic E-state index is 12.9. The zero-order valence-corrected chi connectivity index (χ0v) is 55.2. The molecule has 0 aromatic carbocycles. The second-order valence-electron chi connectivity index (χ2n) is 23.1. The number of phosphoric ester groups is 1. The van der Waals surface area contributed by atoms with Gasteiger partial charge in [0.2, 0.25) is 0 Å². The van der Waals surface area contributed by atoms with Crippen LogP contribution >= 0.6 is 7.82 Å². The number of rotatable bonds is 60. The Morgan fingerprint density at radius 1 is 0.381 bits per heavy atom. The van der Waals surface area contributed by atoms with Crippen molar-refractivity contribution in [1.29, 1.82) is 0 Å². The van der Waals surface area contributed by atoms with E-state index in [9.17, 15) is 19.0 Å². The SMILES string of the molecule is CC/C=C\C/C=C\C/C=C\C/C=C\C/C=C\C/C=C\C/C=C\C/C=C\C/C=C\C/C=C\CCCCCCCCCCCCC(=O)OC(COC(=O)CCCCCCCCCCC/C=C\C/C=C\CCCCC)COP(=O)(O)OCC[N+](C)(C)C. The highest BCUT2D eigenvalue weighted by molar-refractivity contribution is 7.47. The molecule has 0 heterocycles. The third-order valence-corrected chi connectivity index (χ3v) is 14.8. The van der Waals surface area contributed by atoms with Crippen molar-refractivity contribution < 1.29 is 42.1 Å². The molecule has 0 aliphatic rings. The van der Waals surface area contributed by atoms with E-state index in [0.29, 0.717) is 17.4 Å². The van der Waals surface area contributed by atoms with E-state index < -0.39 is 26.5 Å². The molecule has 2 unspecified atom stereocenters. The summed E-state index contributed by atoms with van der Waals surface area (Å²) >= 11 is 0. The molecule has 478 valence electrons. The number of carbonyl (C=O) groups is 2. The number of ether oxygens (including phenoxy) is 2. The Bertz CT molecular complexity index is 1930. The molecule has 9 nitrogen and oxygen atoms in total. The van der Waals surface area contributed by atoms with Crippen LogP contribution in [0.25, 0.3) is 0 Å². The van der Waals surface area contributed by atoms with Crippen molar-refractivity contribution >= 4 is 19.8 Å². The first-order chi connectivity index (χ1) is 41.0. The molecule has 0 saturated heterocycles. The van der Waals surface area contributed by atoms with Gasteiger partial charge in [-0.1, -0.05) is 269 Å². The molecule has 0 aromatic heterocycles. The predicted molar refractivity (Wildman–Crippen MR) is 362 cm³/mol. The van der Waals surface area contributed by atoms with E-state index in [1.54, 1.807) is 0 Å². The number of allylic oxidation sites excluding steroid dienone is 24. The first kappa shape index (κ1) is 79.9. The first-order valence-electron chi connectivity index (χ1n) is 33.6. The Balaban J connectivity index is 4.10. The van der Waals surface area contributed by atoms with E-state index in [2.05, 4.69) is 160 Å². The highest BCUT2D eigenvalue weighted by atomic mass is 31.2. The molecule has 0 bridgehead atoms. The van der Waals surface area contributed by atoms with Crippen LogP contribution in [0.5, 0.6) is 0 Å². The normalized spacial score (nSPS) is 14.1. The zero-order valence-electron chi connectivity index (χ0n) is 54.3. The standard InChI is InChI=1S/C74H124NO8P/c1-6-8-10-12-14-16-18-20-22-24-26-27-28-29-30-31-32-33-34-35-36-37-38-39-40-41-42-43-44-45-46-47-49-51-53-55-57-59-61-63-65-67-74(77)83-72(71-82-84(78,79)81-69-68-75(3,4)5)70-80-73(76)66-64-62-60-58-56-54-52-50-48-25-23-21-19-17-15-13-11-9-7-2/h8,10,14-17,20-23,26-27,29-30,32-33,35-36,38-39,41-42,44-45,72H,6-7,9,11-13,18-19,24-25,28,31,34,37,40,43,46-71H2,1-5H3/p+1/b10-8-,16-14-,17-15-,22-20-,23-21-,27-26-,30-29-,33-32-,36-35-,39-38-,42-41-,45-44-. The minimum absolute atomic E-state index is 0.0238. The summed E-state index contributed by atoms with van der Waals surface area (Å²) in [7, 11) is 1.46. The summed E-state index contributed by atoms with van der Waals surface area (Å²) in [6, 6.07) is 0. The van der Waals surface area contributed by atoms with E-state index in [-0.39, 0.29) is 32.0 Å². The van der Waals surface area contributed by atoms with Gasteiger partial charge in [0.1, 0.15) is 19.8 Å². The van der Waals surface area contributed by atoms with Crippen molar-refractivity contribution in [3.8, 4) is 0 Å². The Hall–Kier alpha value is -4.11. The average Bonchev–Trinajstić information content (AvgIpc) is 3.61. The number of nitrogens with zero attached hydrogens (tertiary/aromatic N) is 1. The van der Waals surface area contributed by atoms with Gasteiger partial charge in [-0.3, -0.25) is 18.6 Å². The fourth-order valence-corrected chi connectivity index (χ4v) is 9.46. The van der Waals surface area contributed by atoms with Gasteiger partial charge in [-0.2, -0.15) is 0 Å². The Kier molecular flexibility index (Phi) is 60.3. The molecule has 0 saturated carbocycles. The molecule has 0 aliphatic heterocycles. The van der Waals surface area contributed by atoms with Crippen LogP contribution in [0.4, 0.5) is 0 Å². The number of quaternary nitrogens is 1. The van der Waals surface area contributed by atoms with Gasteiger partial charge < -0.3 is 18.9 Å². The van der Waals surface area contributed by atoms with Crippen molar-refractivity contribution in [1.82, 2.24) is 0 Å². The van der Waals surface area contributed by atoms with Gasteiger partial charge in [-0.15, -0.1) is 0 Å². The highest BCUT2D eigenvalue weighted by Gasteiger charge is 2.27. The molecule has 1 N–H and O–H groups in total. The van der Waals surface area contributed by atoms with Crippen LogP contribution in [0.3, 0.4) is 0 Å². The molecule has 0 aliphatic carbocycles. The minimum Gasteiger partial charge on any atom is -0.462 e. The van der Waals surface area contributed by atoms with Crippen LogP contribution in [0.2, 0.25) is 0 Å². The van der Waals surface area contributed by atoms with Gasteiger partial charge in [0, 0.05) is 12.8 Å². The second kappa shape index (κ2) is 63.4. The van der Waals surface area contributed by atoms with Crippen molar-refractivity contribution in [2.24, 2.45) is 0 Å². The van der Waals surface area contributed by atoms with Gasteiger partial charge in [0.05, 0.1) is 27.7 Å². The fourth-order valence-electron chi connectivity index (χ4n) is 8.72. The van der Waals surface area contributed by atoms with E-state index in [0.717, 1.165) is 122 Å². The van der Waals surface area contributed by atoms with Crippen LogP contribution < -0.4 is 0 Å². The topological polar surface area (TPSA) is 108 Å². The number of carbonyl (C=O) groups excluding carboxylic acids is 2. The number of likely N-dealkylation sites (N-methyl/N-ethyl adjacent to an activating group) is 1. The molecule has 2 atom stereocenters. The van der Waals surface area contributed by atoms with Crippen LogP contribution in [-0.4, -0.2) is 74.9 Å². The number of esters is 2. The lowest BCUT2D eigenvalue weighted by Gasteiger charge is -2.24. The van der Waals surface area contributed by atoms with Crippen molar-refractivity contribution in [3.63, 3.8) is 0 Å². The summed E-state index contributed by atoms with van der Waals surface area (Å²) in [5, 5.41) is 0. The fraction of sp³-hybridized carbons (Fsp3) is 0.649. The lowest BCUT2D eigenvalue weighted by molar-refractivity contribution is -0.870. The maximum Gasteiger partial charge on any atom is 0.472 e. The van der Waals surface area contributed by atoms with E-state index in [1.807, 2.05) is 21.1 Å². The molecular weight excluding hydrogens is 1060 g/mol. The number of phosphoric acid groups is 1. The largest absolute Gasteiger partial charge is 0.472 e. The van der Waals surface area contributed by atoms with E-state index in [4.69, 9.17) is 18.5 Å². The summed E-state index contributed by atoms with van der Waals surface area (Å²) in [6.45, 7) is 4.28. The molecule has 0 amide bonds. The van der Waals surface area contributed by atoms with Crippen LogP contribution in [0, 0.1) is 0 Å². The lowest BCUT2D eigenvalue weighted by Crippen LogP contribution is -2.37. The molecule has 0 aromatic rings. The Morgan fingerprint density at radius 2 is 0.679 bits per heavy atom. The molecule has 0 rings (SSSR count). The third kappa shape index (κ3) is 67.0. The Morgan fingerprint density at radius 3 is 1.01 bits per heavy atom. The predicted octanol–water partition coefficient (Wildman–Crippen LogP) is 21.8. The van der Waals surface area contributed by atoms with Crippen LogP contribution in [0.1, 0.15) is 258 Å². The second-order valence-corrected chi connectivity index (χ2v) is 24.6. The van der Waals surface area contributed by atoms with Gasteiger partial charge >= 0.3 is 19.8 Å². The molecule has 0 radical (unpaired) electrons. The highest BCUT2D eigenvalue weighted by Crippen LogP contribution is 2.43. The summed E-state index contributed by atoms with van der Waals surface area (Å²) in [6.07, 6.45) is 93.6. The summed E-state index contributed by atoms with van der Waals surface area (Å²) in [5.41, 5.74) is 0. The van der Waals surface area contributed by atoms with Crippen molar-refractivity contribution in [2.75, 3.05) is 47.5 Å². The van der Waals surface area contributed by atoms with E-state index >= 15 is 0 Å². The summed E-state index contributed by atoms with van der Waals surface area (Å²) in [5.74, 6) is -0.812. The quantitative estimate of drug-likeness (QED) is 0.0211. The third-order valence-electron chi connectivity index (χ3n) is 13.9. The smallest absolute Gasteiger partial charge is 0.462 e. The molecule has 0 spiro atoms. The van der Waals surface area contributed by atoms with Gasteiger partial charge in [-0.25, -0.2) is 4.57 Å². The summed E-state index contributed by atoms with van der Waals surface area (Å²) in [4.78, 5) is 35.8. The monoisotopic (exact) mass is 1190 g/mol. The minimum atomic E-state index is -4.40. The van der Waals surface area contributed by atoms with Crippen LogP contribution in [0.15, 0.2) is 146 Å². The zero-order chi connectivity index (χ0) is 61.2. The molecule has 84 heavy (non-hydrogen) atoms. The van der Waals surface area contributed by atoms with Gasteiger partial charge in [0.25, 0.3) is 0 Å². The molecular formula is C74H125NO8P+.